The predicted molar refractivity (Wildman–Crippen MR) is 33.6 cm³/mol. The number of hydrogen-bond acceptors (Lipinski definition) is 1. The first-order valence-corrected chi connectivity index (χ1v) is 1.77. The normalized spacial score (nSPS) is 5.33. The Morgan fingerprint density at radius 1 is 1.11 bits per heavy atom. The summed E-state index contributed by atoms with van der Waals surface area (Å²) in [7, 11) is 0. The van der Waals surface area contributed by atoms with Crippen molar-refractivity contribution in [3.63, 3.8) is 0 Å². The third-order valence-corrected chi connectivity index (χ3v) is 0.517. The van der Waals surface area contributed by atoms with Crippen molar-refractivity contribution in [3.8, 4) is 0 Å². The monoisotopic (exact) mass is 162 g/mol. The van der Waals surface area contributed by atoms with Gasteiger partial charge in [-0.2, -0.15) is 18.2 Å². The summed E-state index contributed by atoms with van der Waals surface area (Å²) in [5, 5.41) is 0. The fourth-order valence-corrected chi connectivity index (χ4v) is 0.277. The smallest absolute Gasteiger partial charge is 0.693 e. The van der Waals surface area contributed by atoms with E-state index in [1.54, 1.807) is 12.3 Å². The van der Waals surface area contributed by atoms with E-state index in [9.17, 15) is 0 Å². The zero-order chi connectivity index (χ0) is 4.24. The van der Waals surface area contributed by atoms with Crippen LogP contribution in [0.1, 0.15) is 0 Å². The first-order valence-electron chi connectivity index (χ1n) is 1.77. The predicted octanol–water partition coefficient (Wildman–Crippen LogP) is 2.31. The molecular formula is C5H8CrN3. The van der Waals surface area contributed by atoms with Gasteiger partial charge in [-0.05, 0) is 0 Å². The number of pyridine rings is 1. The van der Waals surface area contributed by atoms with Crippen LogP contribution in [0.2, 0.25) is 0 Å². The van der Waals surface area contributed by atoms with Gasteiger partial charge in [0.15, 0.2) is 0 Å². The Kier molecular flexibility index (Phi) is 18.6. The van der Waals surface area contributed by atoms with Gasteiger partial charge in [0, 0.05) is 0 Å². The molecule has 0 aromatic carbocycles. The van der Waals surface area contributed by atoms with Crippen LogP contribution in [-0.2, 0) is 17.4 Å². The maximum Gasteiger partial charge on any atom is 3.00 e. The Labute approximate surface area is 65.8 Å². The molecule has 4 N–H and O–H groups in total. The molecule has 1 rings (SSSR count). The quantitative estimate of drug-likeness (QED) is 0.539. The van der Waals surface area contributed by atoms with Gasteiger partial charge in [-0.1, -0.05) is 12.4 Å². The summed E-state index contributed by atoms with van der Waals surface area (Å²) < 4.78 is 0. The Morgan fingerprint density at radius 3 is 1.89 bits per heavy atom. The van der Waals surface area contributed by atoms with Crippen LogP contribution in [0.25, 0.3) is 12.3 Å². The fourth-order valence-electron chi connectivity index (χ4n) is 0.277. The average Bonchev–Trinajstić information content (AvgIpc) is 1.72. The van der Waals surface area contributed by atoms with E-state index in [1.165, 1.54) is 0 Å². The largest absolute Gasteiger partial charge is 3.00 e. The molecule has 0 aliphatic carbocycles. The fraction of sp³-hybridized carbons (Fsp3) is 0. The second-order valence-electron chi connectivity index (χ2n) is 0.959. The van der Waals surface area contributed by atoms with Crippen molar-refractivity contribution in [1.82, 2.24) is 4.98 Å². The van der Waals surface area contributed by atoms with Crippen LogP contribution in [0.3, 0.4) is 0 Å². The van der Waals surface area contributed by atoms with Gasteiger partial charge in [-0.3, -0.25) is 0 Å². The van der Waals surface area contributed by atoms with Crippen molar-refractivity contribution >= 4 is 0 Å². The summed E-state index contributed by atoms with van der Waals surface area (Å²) in [6.07, 6.45) is 4.34. The molecule has 0 amide bonds. The van der Waals surface area contributed by atoms with Gasteiger partial charge in [-0.15, -0.1) is 0 Å². The van der Waals surface area contributed by atoms with Crippen LogP contribution in [0.5, 0.6) is 0 Å². The molecule has 0 fully saturated rings. The van der Waals surface area contributed by atoms with E-state index < -0.39 is 0 Å². The van der Waals surface area contributed by atoms with Gasteiger partial charge in [0.05, 0.1) is 0 Å². The van der Waals surface area contributed by atoms with Gasteiger partial charge in [0.1, 0.15) is 0 Å². The summed E-state index contributed by atoms with van der Waals surface area (Å²) in [5.74, 6) is 0. The molecule has 1 radical (unpaired) electrons. The Balaban J connectivity index is -0.000000120. The third-order valence-electron chi connectivity index (χ3n) is 0.517. The van der Waals surface area contributed by atoms with Crippen molar-refractivity contribution in [2.24, 2.45) is 0 Å². The topological polar surface area (TPSA) is 79.9 Å². The summed E-state index contributed by atoms with van der Waals surface area (Å²) in [6, 6.07) is 5.50. The molecule has 0 saturated carbocycles. The molecular weight excluding hydrogens is 154 g/mol. The number of rotatable bonds is 0. The minimum absolute atomic E-state index is 0. The number of aromatic nitrogens is 1. The van der Waals surface area contributed by atoms with Gasteiger partial charge < -0.3 is 17.3 Å². The van der Waals surface area contributed by atoms with E-state index in [0.29, 0.717) is 0 Å². The zero-order valence-electron chi connectivity index (χ0n) is 4.82. The van der Waals surface area contributed by atoms with Crippen LogP contribution >= 0.6 is 0 Å². The summed E-state index contributed by atoms with van der Waals surface area (Å²) in [4.78, 5) is 3.66. The van der Waals surface area contributed by atoms with Crippen LogP contribution in [0, 0.1) is 6.20 Å². The zero-order valence-corrected chi connectivity index (χ0v) is 6.09. The molecule has 9 heavy (non-hydrogen) atoms. The standard InChI is InChI=1S/C5H4N.Cr.2H2N/c1-2-4-6-5-3-1;;;/h1-4H;;2*1H2/q-1;+3;2*-1. The summed E-state index contributed by atoms with van der Waals surface area (Å²) in [6.45, 7) is 0. The minimum Gasteiger partial charge on any atom is -0.693 e. The first kappa shape index (κ1) is 15.8. The molecule has 0 aliphatic heterocycles. The second kappa shape index (κ2) is 10.6. The number of nitrogens with zero attached hydrogens (tertiary/aromatic N) is 1. The number of hydrogen-bond donors (Lipinski definition) is 0. The molecule has 1 heterocycles. The van der Waals surface area contributed by atoms with E-state index in [2.05, 4.69) is 11.2 Å². The summed E-state index contributed by atoms with van der Waals surface area (Å²) in [5.41, 5.74) is 0. The van der Waals surface area contributed by atoms with Crippen LogP contribution < -0.4 is 0 Å². The molecule has 0 bridgehead atoms. The molecule has 0 unspecified atom stereocenters. The van der Waals surface area contributed by atoms with E-state index in [0.717, 1.165) is 0 Å². The third kappa shape index (κ3) is 7.60. The SMILES string of the molecule is [Cr+3].[NH2-].[NH2-].[c-]1ccccn1. The molecule has 4 heteroatoms. The second-order valence-corrected chi connectivity index (χ2v) is 0.959. The Morgan fingerprint density at radius 2 is 1.78 bits per heavy atom. The summed E-state index contributed by atoms with van der Waals surface area (Å²) >= 11 is 0. The maximum atomic E-state index is 3.66. The van der Waals surface area contributed by atoms with Gasteiger partial charge in [-0.25, -0.2) is 0 Å². The molecule has 49 valence electrons. The molecule has 0 atom stereocenters. The Bertz CT molecular complexity index is 84.1. The van der Waals surface area contributed by atoms with Gasteiger partial charge in [0.2, 0.25) is 0 Å². The van der Waals surface area contributed by atoms with Crippen molar-refractivity contribution in [1.29, 1.82) is 0 Å². The van der Waals surface area contributed by atoms with Gasteiger partial charge >= 0.3 is 17.4 Å². The maximum absolute atomic E-state index is 3.66. The van der Waals surface area contributed by atoms with E-state index in [1.807, 2.05) is 12.1 Å². The van der Waals surface area contributed by atoms with E-state index in [-0.39, 0.29) is 29.7 Å². The minimum atomic E-state index is 0. The van der Waals surface area contributed by atoms with E-state index >= 15 is 0 Å². The molecule has 0 saturated heterocycles. The van der Waals surface area contributed by atoms with Crippen molar-refractivity contribution in [3.05, 3.63) is 42.9 Å². The van der Waals surface area contributed by atoms with Crippen LogP contribution in [-0.4, -0.2) is 4.98 Å². The van der Waals surface area contributed by atoms with Crippen molar-refractivity contribution in [2.45, 2.75) is 0 Å². The molecule has 1 aromatic rings. The van der Waals surface area contributed by atoms with E-state index in [4.69, 9.17) is 0 Å². The number of nitrogens with two attached hydrogens (primary N) is 2. The van der Waals surface area contributed by atoms with Crippen molar-refractivity contribution in [2.75, 3.05) is 0 Å². The van der Waals surface area contributed by atoms with Crippen LogP contribution in [0.15, 0.2) is 24.4 Å². The average molecular weight is 162 g/mol. The first-order chi connectivity index (χ1) is 3.00. The molecule has 3 nitrogen and oxygen atoms in total. The van der Waals surface area contributed by atoms with Crippen molar-refractivity contribution < 1.29 is 17.4 Å². The van der Waals surface area contributed by atoms with Crippen LogP contribution in [0.4, 0.5) is 0 Å². The molecule has 1 aromatic heterocycles. The molecule has 0 spiro atoms. The van der Waals surface area contributed by atoms with Gasteiger partial charge in [0.25, 0.3) is 0 Å². The Hall–Kier alpha value is -0.398. The molecule has 0 aliphatic rings.